The van der Waals surface area contributed by atoms with Gasteiger partial charge >= 0.3 is 0 Å². The van der Waals surface area contributed by atoms with Gasteiger partial charge in [-0.05, 0) is 36.8 Å². The maximum Gasteiger partial charge on any atom is 0.251 e. The summed E-state index contributed by atoms with van der Waals surface area (Å²) in [6, 6.07) is 12.8. The summed E-state index contributed by atoms with van der Waals surface area (Å²) < 4.78 is 13.5. The Balaban J connectivity index is 1.89. The third kappa shape index (κ3) is 5.91. The lowest BCUT2D eigenvalue weighted by Crippen LogP contribution is -2.25. The van der Waals surface area contributed by atoms with Gasteiger partial charge in [0.2, 0.25) is 5.91 Å². The molecule has 2 amide bonds. The number of carbonyl (C=O) groups is 2. The molecule has 132 valence electrons. The SMILES string of the molecule is CCCCNC(=O)c1cccc(NC(=O)CNc2ccccc2F)c1. The summed E-state index contributed by atoms with van der Waals surface area (Å²) in [5, 5.41) is 8.26. The van der Waals surface area contributed by atoms with Gasteiger partial charge in [-0.15, -0.1) is 0 Å². The van der Waals surface area contributed by atoms with Crippen LogP contribution in [0.5, 0.6) is 0 Å². The zero-order chi connectivity index (χ0) is 18.1. The highest BCUT2D eigenvalue weighted by Crippen LogP contribution is 2.13. The average molecular weight is 343 g/mol. The van der Waals surface area contributed by atoms with Crippen molar-refractivity contribution < 1.29 is 14.0 Å². The molecule has 0 radical (unpaired) electrons. The van der Waals surface area contributed by atoms with E-state index in [9.17, 15) is 14.0 Å². The zero-order valence-corrected chi connectivity index (χ0v) is 14.1. The molecule has 0 aliphatic heterocycles. The highest BCUT2D eigenvalue weighted by atomic mass is 19.1. The molecule has 0 aromatic heterocycles. The van der Waals surface area contributed by atoms with E-state index in [0.29, 0.717) is 17.8 Å². The van der Waals surface area contributed by atoms with Gasteiger partial charge in [0, 0.05) is 17.8 Å². The predicted octanol–water partition coefficient (Wildman–Crippen LogP) is 3.41. The smallest absolute Gasteiger partial charge is 0.251 e. The molecule has 2 rings (SSSR count). The van der Waals surface area contributed by atoms with Crippen molar-refractivity contribution in [1.29, 1.82) is 0 Å². The van der Waals surface area contributed by atoms with Gasteiger partial charge in [0.15, 0.2) is 0 Å². The van der Waals surface area contributed by atoms with E-state index in [1.54, 1.807) is 42.5 Å². The summed E-state index contributed by atoms with van der Waals surface area (Å²) in [6.45, 7) is 2.60. The molecule has 0 aliphatic rings. The van der Waals surface area contributed by atoms with Crippen LogP contribution >= 0.6 is 0 Å². The Bertz CT molecular complexity index is 734. The Morgan fingerprint density at radius 2 is 1.88 bits per heavy atom. The monoisotopic (exact) mass is 343 g/mol. The quantitative estimate of drug-likeness (QED) is 0.643. The Morgan fingerprint density at radius 1 is 1.08 bits per heavy atom. The molecule has 0 spiro atoms. The van der Waals surface area contributed by atoms with Crippen LogP contribution in [0.4, 0.5) is 15.8 Å². The number of unbranched alkanes of at least 4 members (excludes halogenated alkanes) is 1. The topological polar surface area (TPSA) is 70.2 Å². The number of anilines is 2. The number of rotatable bonds is 8. The molecule has 6 heteroatoms. The van der Waals surface area contributed by atoms with Crippen molar-refractivity contribution in [3.8, 4) is 0 Å². The third-order valence-electron chi connectivity index (χ3n) is 3.54. The maximum absolute atomic E-state index is 13.5. The number of halogens is 1. The van der Waals surface area contributed by atoms with E-state index in [0.717, 1.165) is 12.8 Å². The van der Waals surface area contributed by atoms with Crippen molar-refractivity contribution in [3.63, 3.8) is 0 Å². The zero-order valence-electron chi connectivity index (χ0n) is 14.1. The molecule has 0 bridgehead atoms. The molecule has 0 heterocycles. The molecule has 0 atom stereocenters. The van der Waals surface area contributed by atoms with Crippen molar-refractivity contribution in [2.24, 2.45) is 0 Å². The van der Waals surface area contributed by atoms with Crippen LogP contribution in [0.3, 0.4) is 0 Å². The van der Waals surface area contributed by atoms with Crippen LogP contribution in [0.15, 0.2) is 48.5 Å². The summed E-state index contributed by atoms with van der Waals surface area (Å²) in [4.78, 5) is 24.0. The van der Waals surface area contributed by atoms with E-state index >= 15 is 0 Å². The molecular formula is C19H22FN3O2. The highest BCUT2D eigenvalue weighted by Gasteiger charge is 2.08. The number of amides is 2. The van der Waals surface area contributed by atoms with Gasteiger partial charge < -0.3 is 16.0 Å². The van der Waals surface area contributed by atoms with Crippen LogP contribution < -0.4 is 16.0 Å². The van der Waals surface area contributed by atoms with Crippen molar-refractivity contribution in [3.05, 3.63) is 59.9 Å². The second kappa shape index (κ2) is 9.42. The molecule has 0 saturated carbocycles. The minimum Gasteiger partial charge on any atom is -0.374 e. The van der Waals surface area contributed by atoms with Gasteiger partial charge in [-0.25, -0.2) is 4.39 Å². The van der Waals surface area contributed by atoms with E-state index in [1.807, 2.05) is 0 Å². The first-order valence-electron chi connectivity index (χ1n) is 8.26. The first kappa shape index (κ1) is 18.4. The first-order chi connectivity index (χ1) is 12.1. The van der Waals surface area contributed by atoms with Gasteiger partial charge in [-0.3, -0.25) is 9.59 Å². The fraction of sp³-hybridized carbons (Fsp3) is 0.263. The minimum atomic E-state index is -0.416. The Labute approximate surface area is 146 Å². The van der Waals surface area contributed by atoms with Crippen molar-refractivity contribution in [2.75, 3.05) is 23.7 Å². The molecule has 0 aliphatic carbocycles. The molecule has 5 nitrogen and oxygen atoms in total. The molecule has 3 N–H and O–H groups in total. The fourth-order valence-electron chi connectivity index (χ4n) is 2.20. The fourth-order valence-corrected chi connectivity index (χ4v) is 2.20. The highest BCUT2D eigenvalue weighted by molar-refractivity contribution is 5.98. The Morgan fingerprint density at radius 3 is 2.64 bits per heavy atom. The molecule has 2 aromatic rings. The number of nitrogens with one attached hydrogen (secondary N) is 3. The predicted molar refractivity (Wildman–Crippen MR) is 97.2 cm³/mol. The van der Waals surface area contributed by atoms with E-state index in [-0.39, 0.29) is 24.0 Å². The molecule has 0 saturated heterocycles. The van der Waals surface area contributed by atoms with Crippen LogP contribution in [0.1, 0.15) is 30.1 Å². The Hall–Kier alpha value is -2.89. The largest absolute Gasteiger partial charge is 0.374 e. The number of hydrogen-bond donors (Lipinski definition) is 3. The van der Waals surface area contributed by atoms with E-state index in [4.69, 9.17) is 0 Å². The van der Waals surface area contributed by atoms with E-state index < -0.39 is 5.82 Å². The number of benzene rings is 2. The normalized spacial score (nSPS) is 10.2. The van der Waals surface area contributed by atoms with Crippen LogP contribution in [0.25, 0.3) is 0 Å². The molecule has 0 fully saturated rings. The van der Waals surface area contributed by atoms with E-state index in [2.05, 4.69) is 22.9 Å². The summed E-state index contributed by atoms with van der Waals surface area (Å²) in [5.41, 5.74) is 1.26. The van der Waals surface area contributed by atoms with Crippen LogP contribution in [-0.4, -0.2) is 24.9 Å². The Kier molecular flexibility index (Phi) is 6.95. The summed E-state index contributed by atoms with van der Waals surface area (Å²) in [7, 11) is 0. The van der Waals surface area contributed by atoms with E-state index in [1.165, 1.54) is 6.07 Å². The van der Waals surface area contributed by atoms with Gasteiger partial charge in [-0.2, -0.15) is 0 Å². The van der Waals surface area contributed by atoms with Crippen molar-refractivity contribution in [1.82, 2.24) is 5.32 Å². The van der Waals surface area contributed by atoms with Crippen LogP contribution in [0, 0.1) is 5.82 Å². The number of hydrogen-bond acceptors (Lipinski definition) is 3. The maximum atomic E-state index is 13.5. The molecule has 2 aromatic carbocycles. The first-order valence-corrected chi connectivity index (χ1v) is 8.26. The summed E-state index contributed by atoms with van der Waals surface area (Å²) in [6.07, 6.45) is 1.93. The van der Waals surface area contributed by atoms with Crippen molar-refractivity contribution in [2.45, 2.75) is 19.8 Å². The molecule has 0 unspecified atom stereocenters. The number of para-hydroxylation sites is 1. The van der Waals surface area contributed by atoms with Crippen LogP contribution in [0.2, 0.25) is 0 Å². The lowest BCUT2D eigenvalue weighted by Gasteiger charge is -2.10. The van der Waals surface area contributed by atoms with Gasteiger partial charge in [0.05, 0.1) is 12.2 Å². The lowest BCUT2D eigenvalue weighted by molar-refractivity contribution is -0.114. The van der Waals surface area contributed by atoms with Gasteiger partial charge in [-0.1, -0.05) is 31.5 Å². The second-order valence-corrected chi connectivity index (χ2v) is 5.57. The van der Waals surface area contributed by atoms with Gasteiger partial charge in [0.1, 0.15) is 5.82 Å². The number of carbonyl (C=O) groups excluding carboxylic acids is 2. The molecule has 25 heavy (non-hydrogen) atoms. The minimum absolute atomic E-state index is 0.0755. The van der Waals surface area contributed by atoms with Gasteiger partial charge in [0.25, 0.3) is 5.91 Å². The molecular weight excluding hydrogens is 321 g/mol. The second-order valence-electron chi connectivity index (χ2n) is 5.57. The van der Waals surface area contributed by atoms with Crippen molar-refractivity contribution >= 4 is 23.2 Å². The third-order valence-corrected chi connectivity index (χ3v) is 3.54. The summed E-state index contributed by atoms with van der Waals surface area (Å²) in [5.74, 6) is -0.915. The standard InChI is InChI=1S/C19H22FN3O2/c1-2-3-11-21-19(25)14-7-6-8-15(12-14)23-18(24)13-22-17-10-5-4-9-16(17)20/h4-10,12,22H,2-3,11,13H2,1H3,(H,21,25)(H,23,24). The average Bonchev–Trinajstić information content (AvgIpc) is 2.61. The van der Waals surface area contributed by atoms with Crippen LogP contribution in [-0.2, 0) is 4.79 Å². The lowest BCUT2D eigenvalue weighted by atomic mass is 10.2. The summed E-state index contributed by atoms with van der Waals surface area (Å²) >= 11 is 0.